The van der Waals surface area contributed by atoms with Crippen LogP contribution in [0.2, 0.25) is 0 Å². The molecule has 40 heavy (non-hydrogen) atoms. The lowest BCUT2D eigenvalue weighted by molar-refractivity contribution is -0.137. The van der Waals surface area contributed by atoms with Crippen LogP contribution in [0.1, 0.15) is 48.8 Å². The topological polar surface area (TPSA) is 67.8 Å². The summed E-state index contributed by atoms with van der Waals surface area (Å²) in [4.78, 5) is 27.0. The summed E-state index contributed by atoms with van der Waals surface area (Å²) in [6, 6.07) is 16.3. The molecule has 0 spiro atoms. The van der Waals surface area contributed by atoms with Gasteiger partial charge in [-0.05, 0) is 68.3 Å². The van der Waals surface area contributed by atoms with Crippen molar-refractivity contribution in [3.05, 3.63) is 102 Å². The third kappa shape index (κ3) is 5.32. The number of para-hydroxylation sites is 1. The van der Waals surface area contributed by atoms with Gasteiger partial charge in [-0.25, -0.2) is 0 Å². The van der Waals surface area contributed by atoms with E-state index in [1.165, 1.54) is 18.2 Å². The van der Waals surface area contributed by atoms with Crippen molar-refractivity contribution in [2.45, 2.75) is 47.7 Å². The largest absolute Gasteiger partial charge is 0.418 e. The monoisotopic (exact) mass is 563 g/mol. The number of aryl methyl sites for hydroxylation is 2. The highest BCUT2D eigenvalue weighted by Gasteiger charge is 2.35. The normalized spacial score (nSPS) is 13.3. The van der Waals surface area contributed by atoms with Gasteiger partial charge >= 0.3 is 6.18 Å². The Morgan fingerprint density at radius 3 is 2.25 bits per heavy atom. The smallest absolute Gasteiger partial charge is 0.318 e. The average Bonchev–Trinajstić information content (AvgIpc) is 3.33. The van der Waals surface area contributed by atoms with E-state index in [0.717, 1.165) is 44.6 Å². The molecule has 0 atom stereocenters. The second-order valence-electron chi connectivity index (χ2n) is 10.6. The number of hydrogen-bond acceptors (Lipinski definition) is 4. The highest BCUT2D eigenvalue weighted by Crippen LogP contribution is 2.33. The van der Waals surface area contributed by atoms with Crippen LogP contribution in [0.15, 0.2) is 59.4 Å². The van der Waals surface area contributed by atoms with Gasteiger partial charge in [-0.3, -0.25) is 14.2 Å². The number of halogens is 3. The van der Waals surface area contributed by atoms with E-state index in [1.54, 1.807) is 26.8 Å². The second kappa shape index (κ2) is 10.4. The molecule has 0 aliphatic heterocycles. The summed E-state index contributed by atoms with van der Waals surface area (Å²) in [6.07, 6.45) is -3.16. The number of nitriles is 1. The third-order valence-corrected chi connectivity index (χ3v) is 7.62. The summed E-state index contributed by atoms with van der Waals surface area (Å²) in [6.45, 7) is 10.6. The number of hydrogen-bond donors (Lipinski definition) is 0. The molecule has 0 radical (unpaired) electrons. The van der Waals surface area contributed by atoms with Crippen LogP contribution in [0.4, 0.5) is 13.2 Å². The maximum atomic E-state index is 14.0. The average molecular weight is 564 g/mol. The first-order chi connectivity index (χ1) is 18.6. The molecule has 0 aliphatic rings. The van der Waals surface area contributed by atoms with E-state index in [0.29, 0.717) is 5.56 Å². The fraction of sp³-hybridized carbons (Fsp3) is 0.258. The minimum atomic E-state index is -4.77. The Morgan fingerprint density at radius 1 is 0.975 bits per heavy atom. The molecule has 4 aromatic rings. The van der Waals surface area contributed by atoms with Gasteiger partial charge in [0.25, 0.3) is 5.56 Å². The Balaban J connectivity index is 2.11. The van der Waals surface area contributed by atoms with Crippen LogP contribution in [-0.2, 0) is 11.0 Å². The van der Waals surface area contributed by atoms with E-state index in [2.05, 4.69) is 0 Å². The molecule has 2 aromatic carbocycles. The predicted octanol–water partition coefficient (Wildman–Crippen LogP) is 5.75. The maximum Gasteiger partial charge on any atom is 0.418 e. The molecular formula is C31H28F3N3O2S. The summed E-state index contributed by atoms with van der Waals surface area (Å²) in [5, 5.41) is 9.98. The van der Waals surface area contributed by atoms with Crippen LogP contribution in [0.3, 0.4) is 0 Å². The van der Waals surface area contributed by atoms with Gasteiger partial charge in [-0.1, -0.05) is 45.0 Å². The summed E-state index contributed by atoms with van der Waals surface area (Å²) >= 11 is 0.832. The lowest BCUT2D eigenvalue weighted by atomic mass is 9.87. The van der Waals surface area contributed by atoms with Crippen molar-refractivity contribution in [1.82, 2.24) is 9.13 Å². The molecule has 4 rings (SSSR count). The van der Waals surface area contributed by atoms with Crippen LogP contribution in [0, 0.1) is 37.5 Å². The quantitative estimate of drug-likeness (QED) is 0.318. The Hall–Kier alpha value is -4.16. The van der Waals surface area contributed by atoms with Crippen LogP contribution >= 0.6 is 11.3 Å². The molecule has 5 nitrogen and oxygen atoms in total. The van der Waals surface area contributed by atoms with Gasteiger partial charge < -0.3 is 4.57 Å². The summed E-state index contributed by atoms with van der Waals surface area (Å²) in [5.74, 6) is -0.571. The number of alkyl halides is 3. The molecule has 2 heterocycles. The lowest BCUT2D eigenvalue weighted by Gasteiger charge is -2.16. The number of nitrogens with zero attached hydrogens (tertiary/aromatic N) is 3. The van der Waals surface area contributed by atoms with E-state index < -0.39 is 34.2 Å². The molecule has 0 fully saturated rings. The van der Waals surface area contributed by atoms with Gasteiger partial charge in [0.1, 0.15) is 16.3 Å². The molecular weight excluding hydrogens is 535 g/mol. The van der Waals surface area contributed by atoms with Gasteiger partial charge in [-0.15, -0.1) is 11.3 Å². The number of thiazole rings is 1. The maximum absolute atomic E-state index is 14.0. The van der Waals surface area contributed by atoms with Crippen LogP contribution in [-0.4, -0.2) is 14.9 Å². The van der Waals surface area contributed by atoms with E-state index in [4.69, 9.17) is 0 Å². The molecule has 0 N–H and O–H groups in total. The zero-order valence-corrected chi connectivity index (χ0v) is 23.8. The number of Topliss-reactive ketones (excluding diaryl/α,β-unsaturated/α-hetero) is 1. The molecule has 0 amide bonds. The van der Waals surface area contributed by atoms with Gasteiger partial charge in [0, 0.05) is 22.5 Å². The predicted molar refractivity (Wildman–Crippen MR) is 151 cm³/mol. The Labute approximate surface area is 233 Å². The third-order valence-electron chi connectivity index (χ3n) is 6.52. The highest BCUT2D eigenvalue weighted by molar-refractivity contribution is 7.07. The fourth-order valence-electron chi connectivity index (χ4n) is 4.59. The van der Waals surface area contributed by atoms with Crippen LogP contribution < -0.4 is 14.8 Å². The van der Waals surface area contributed by atoms with Crippen LogP contribution in [0.5, 0.6) is 0 Å². The van der Waals surface area contributed by atoms with Crippen molar-refractivity contribution in [3.63, 3.8) is 0 Å². The number of rotatable bonds is 4. The highest BCUT2D eigenvalue weighted by atomic mass is 32.1. The molecule has 0 saturated carbocycles. The minimum absolute atomic E-state index is 0.103. The number of ketones is 1. The van der Waals surface area contributed by atoms with Gasteiger partial charge in [0.15, 0.2) is 5.78 Å². The fourth-order valence-corrected chi connectivity index (χ4v) is 5.67. The molecule has 206 valence electrons. The summed E-state index contributed by atoms with van der Waals surface area (Å²) < 4.78 is 44.9. The van der Waals surface area contributed by atoms with Gasteiger partial charge in [0.2, 0.25) is 0 Å². The second-order valence-corrected chi connectivity index (χ2v) is 11.7. The van der Waals surface area contributed by atoms with Crippen molar-refractivity contribution in [2.24, 2.45) is 5.41 Å². The lowest BCUT2D eigenvalue weighted by Crippen LogP contribution is -2.34. The first kappa shape index (κ1) is 28.8. The van der Waals surface area contributed by atoms with Crippen molar-refractivity contribution in [1.29, 1.82) is 5.26 Å². The van der Waals surface area contributed by atoms with Crippen molar-refractivity contribution in [2.75, 3.05) is 0 Å². The number of benzene rings is 2. The van der Waals surface area contributed by atoms with E-state index in [-0.39, 0.29) is 14.8 Å². The van der Waals surface area contributed by atoms with Gasteiger partial charge in [0.05, 0.1) is 15.8 Å². The van der Waals surface area contributed by atoms with E-state index in [9.17, 15) is 28.0 Å². The Bertz CT molecular complexity index is 1860. The molecule has 0 saturated heterocycles. The minimum Gasteiger partial charge on any atom is -0.318 e. The number of aromatic nitrogens is 2. The Kier molecular flexibility index (Phi) is 7.52. The molecule has 9 heteroatoms. The zero-order chi connectivity index (χ0) is 29.6. The number of carbonyl (C=O) groups excluding carboxylic acids is 1. The number of carbonyl (C=O) groups is 1. The summed E-state index contributed by atoms with van der Waals surface area (Å²) in [7, 11) is 0. The van der Waals surface area contributed by atoms with E-state index in [1.807, 2.05) is 61.7 Å². The van der Waals surface area contributed by atoms with E-state index >= 15 is 0 Å². The molecule has 0 aliphatic carbocycles. The first-order valence-corrected chi connectivity index (χ1v) is 13.3. The zero-order valence-electron chi connectivity index (χ0n) is 23.0. The summed E-state index contributed by atoms with van der Waals surface area (Å²) in [5.41, 5.74) is 0.857. The van der Waals surface area contributed by atoms with Crippen molar-refractivity contribution in [3.8, 4) is 17.4 Å². The van der Waals surface area contributed by atoms with Crippen molar-refractivity contribution >= 4 is 28.8 Å². The molecule has 0 bridgehead atoms. The first-order valence-electron chi connectivity index (χ1n) is 12.5. The SMILES string of the molecule is Cc1cccc(-n2c(C)cc(C=c3sc(=C(C#N)C(=O)C(C)(C)C)n(-c4ccccc4C(F)(F)F)c3=O)c2C)c1. The molecule has 0 unspecified atom stereocenters. The van der Waals surface area contributed by atoms with Crippen molar-refractivity contribution < 1.29 is 18.0 Å². The molecule has 2 aromatic heterocycles. The standard InChI is InChI=1S/C31H28F3N3O2S/c1-18-10-9-11-22(14-18)36-19(2)15-21(20(36)3)16-26-28(39)37(25-13-8-7-12-24(25)31(32,33)34)29(40-26)23(17-35)27(38)30(4,5)6/h7-16H,1-6H3. The van der Waals surface area contributed by atoms with Crippen LogP contribution in [0.25, 0.3) is 23.0 Å². The van der Waals surface area contributed by atoms with Gasteiger partial charge in [-0.2, -0.15) is 18.4 Å². The Morgan fingerprint density at radius 2 is 1.65 bits per heavy atom.